The number of nitrogens with zero attached hydrogens (tertiary/aromatic N) is 1. The van der Waals surface area contributed by atoms with E-state index in [1.165, 1.54) is 11.8 Å². The predicted octanol–water partition coefficient (Wildman–Crippen LogP) is 2.25. The molecule has 0 saturated carbocycles. The van der Waals surface area contributed by atoms with Gasteiger partial charge in [-0.2, -0.15) is 0 Å². The summed E-state index contributed by atoms with van der Waals surface area (Å²) in [5.41, 5.74) is 2.86. The second-order valence-corrected chi connectivity index (χ2v) is 3.48. The van der Waals surface area contributed by atoms with E-state index in [-0.39, 0.29) is 0 Å². The number of hydrogen-bond acceptors (Lipinski definition) is 3. The number of thioether (sulfide) groups is 1. The normalized spacial score (nSPS) is 10.5. The van der Waals surface area contributed by atoms with Gasteiger partial charge in [0.05, 0.1) is 22.4 Å². The Hall–Kier alpha value is -1.29. The summed E-state index contributed by atoms with van der Waals surface area (Å²) in [5, 5.41) is 8.22. The van der Waals surface area contributed by atoms with Gasteiger partial charge >= 0.3 is 0 Å². The van der Waals surface area contributed by atoms with Crippen LogP contribution in [0.3, 0.4) is 0 Å². The number of aromatic nitrogens is 2. The van der Waals surface area contributed by atoms with Gasteiger partial charge < -0.3 is 4.98 Å². The van der Waals surface area contributed by atoms with Crippen LogP contribution in [-0.2, 0) is 0 Å². The molecule has 66 valence electrons. The topological polar surface area (TPSA) is 52.5 Å². The van der Waals surface area contributed by atoms with Gasteiger partial charge in [-0.15, -0.1) is 11.8 Å². The Morgan fingerprint density at radius 3 is 3.15 bits per heavy atom. The van der Waals surface area contributed by atoms with Crippen LogP contribution in [0.5, 0.6) is 0 Å². The Balaban J connectivity index is 2.54. The summed E-state index contributed by atoms with van der Waals surface area (Å²) in [7, 11) is 0. The minimum atomic E-state index is 0.580. The van der Waals surface area contributed by atoms with Crippen LogP contribution in [0.15, 0.2) is 24.5 Å². The van der Waals surface area contributed by atoms with Gasteiger partial charge in [-0.3, -0.25) is 5.41 Å². The van der Waals surface area contributed by atoms with Gasteiger partial charge in [-0.05, 0) is 24.5 Å². The molecule has 0 aliphatic rings. The van der Waals surface area contributed by atoms with Crippen molar-refractivity contribution in [3.8, 4) is 0 Å². The largest absolute Gasteiger partial charge is 0.345 e. The van der Waals surface area contributed by atoms with Gasteiger partial charge in [0.15, 0.2) is 0 Å². The molecule has 0 unspecified atom stereocenters. The van der Waals surface area contributed by atoms with Crippen LogP contribution >= 0.6 is 11.8 Å². The molecular formula is C9H9N3S. The lowest BCUT2D eigenvalue weighted by atomic mass is 10.2. The Morgan fingerprint density at radius 2 is 2.38 bits per heavy atom. The quantitative estimate of drug-likeness (QED) is 0.536. The molecule has 2 aromatic rings. The molecule has 0 spiro atoms. The average molecular weight is 191 g/mol. The lowest BCUT2D eigenvalue weighted by molar-refractivity contribution is 1.34. The Bertz CT molecular complexity index is 447. The summed E-state index contributed by atoms with van der Waals surface area (Å²) in [4.78, 5) is 7.13. The van der Waals surface area contributed by atoms with Gasteiger partial charge in [-0.25, -0.2) is 4.98 Å². The molecular weight excluding hydrogens is 182 g/mol. The summed E-state index contributed by atoms with van der Waals surface area (Å²) >= 11 is 1.44. The van der Waals surface area contributed by atoms with Crippen molar-refractivity contribution in [1.82, 2.24) is 9.97 Å². The summed E-state index contributed by atoms with van der Waals surface area (Å²) in [6.07, 6.45) is 3.57. The maximum atomic E-state index is 7.64. The molecule has 1 aromatic carbocycles. The third kappa shape index (κ3) is 1.45. The number of benzene rings is 1. The molecule has 0 radical (unpaired) electrons. The third-order valence-corrected chi connectivity index (χ3v) is 2.53. The monoisotopic (exact) mass is 191 g/mol. The minimum absolute atomic E-state index is 0.580. The van der Waals surface area contributed by atoms with Crippen molar-refractivity contribution in [2.45, 2.75) is 0 Å². The first kappa shape index (κ1) is 8.31. The van der Waals surface area contributed by atoms with Crippen LogP contribution in [-0.4, -0.2) is 21.3 Å². The van der Waals surface area contributed by atoms with Crippen LogP contribution in [0.2, 0.25) is 0 Å². The Labute approximate surface area is 80.1 Å². The second kappa shape index (κ2) is 3.22. The fourth-order valence-electron chi connectivity index (χ4n) is 1.19. The SMILES string of the molecule is CSC(=N)c1ccc2nc[nH]c2c1. The molecule has 1 heterocycles. The van der Waals surface area contributed by atoms with E-state index in [0.717, 1.165) is 16.6 Å². The molecule has 1 aromatic heterocycles. The van der Waals surface area contributed by atoms with Crippen LogP contribution in [0.25, 0.3) is 11.0 Å². The highest BCUT2D eigenvalue weighted by Gasteiger charge is 2.01. The first-order valence-electron chi connectivity index (χ1n) is 3.87. The lowest BCUT2D eigenvalue weighted by Crippen LogP contribution is -1.91. The van der Waals surface area contributed by atoms with Crippen molar-refractivity contribution in [3.63, 3.8) is 0 Å². The zero-order chi connectivity index (χ0) is 9.26. The van der Waals surface area contributed by atoms with Crippen LogP contribution in [0.4, 0.5) is 0 Å². The number of hydrogen-bond donors (Lipinski definition) is 2. The third-order valence-electron chi connectivity index (χ3n) is 1.89. The number of H-pyrrole nitrogens is 1. The highest BCUT2D eigenvalue weighted by atomic mass is 32.2. The summed E-state index contributed by atoms with van der Waals surface area (Å²) in [5.74, 6) is 0. The maximum Gasteiger partial charge on any atom is 0.0940 e. The van der Waals surface area contributed by atoms with Crippen molar-refractivity contribution in [1.29, 1.82) is 5.41 Å². The zero-order valence-corrected chi connectivity index (χ0v) is 7.98. The summed E-state index contributed by atoms with van der Waals surface area (Å²) < 4.78 is 0. The lowest BCUT2D eigenvalue weighted by Gasteiger charge is -1.98. The molecule has 4 heteroatoms. The smallest absolute Gasteiger partial charge is 0.0940 e. The van der Waals surface area contributed by atoms with Gasteiger partial charge in [0.25, 0.3) is 0 Å². The number of nitrogens with one attached hydrogen (secondary N) is 2. The molecule has 13 heavy (non-hydrogen) atoms. The number of imidazole rings is 1. The molecule has 0 saturated heterocycles. The van der Waals surface area contributed by atoms with Gasteiger partial charge in [0.1, 0.15) is 0 Å². The van der Waals surface area contributed by atoms with Gasteiger partial charge in [-0.1, -0.05) is 0 Å². The van der Waals surface area contributed by atoms with Crippen molar-refractivity contribution in [3.05, 3.63) is 30.1 Å². The maximum absolute atomic E-state index is 7.64. The molecule has 2 N–H and O–H groups in total. The molecule has 0 aliphatic carbocycles. The summed E-state index contributed by atoms with van der Waals surface area (Å²) in [6, 6.07) is 5.79. The van der Waals surface area contributed by atoms with Crippen LogP contribution in [0, 0.1) is 5.41 Å². The molecule has 0 atom stereocenters. The minimum Gasteiger partial charge on any atom is -0.345 e. The van der Waals surface area contributed by atoms with Crippen molar-refractivity contribution < 1.29 is 0 Å². The van der Waals surface area contributed by atoms with Gasteiger partial charge in [0.2, 0.25) is 0 Å². The van der Waals surface area contributed by atoms with Crippen LogP contribution < -0.4 is 0 Å². The van der Waals surface area contributed by atoms with Crippen LogP contribution in [0.1, 0.15) is 5.56 Å². The first-order valence-corrected chi connectivity index (χ1v) is 5.10. The van der Waals surface area contributed by atoms with E-state index in [0.29, 0.717) is 5.04 Å². The van der Waals surface area contributed by atoms with E-state index < -0.39 is 0 Å². The predicted molar refractivity (Wildman–Crippen MR) is 56.4 cm³/mol. The molecule has 3 nitrogen and oxygen atoms in total. The van der Waals surface area contributed by atoms with Gasteiger partial charge in [0, 0.05) is 5.56 Å². The molecule has 0 amide bonds. The van der Waals surface area contributed by atoms with E-state index in [4.69, 9.17) is 5.41 Å². The molecule has 0 bridgehead atoms. The van der Waals surface area contributed by atoms with Crippen molar-refractivity contribution >= 4 is 27.8 Å². The number of rotatable bonds is 1. The average Bonchev–Trinajstić information content (AvgIpc) is 2.63. The molecule has 0 fully saturated rings. The van der Waals surface area contributed by atoms with E-state index in [1.54, 1.807) is 6.33 Å². The van der Waals surface area contributed by atoms with Crippen molar-refractivity contribution in [2.24, 2.45) is 0 Å². The van der Waals surface area contributed by atoms with Crippen molar-refractivity contribution in [2.75, 3.05) is 6.26 Å². The fourth-order valence-corrected chi connectivity index (χ4v) is 1.56. The summed E-state index contributed by atoms with van der Waals surface area (Å²) in [6.45, 7) is 0. The van der Waals surface area contributed by atoms with E-state index >= 15 is 0 Å². The number of aromatic amines is 1. The van der Waals surface area contributed by atoms with E-state index in [1.807, 2.05) is 24.5 Å². The fraction of sp³-hybridized carbons (Fsp3) is 0.111. The molecule has 2 rings (SSSR count). The first-order chi connectivity index (χ1) is 6.31. The number of fused-ring (bicyclic) bond motifs is 1. The van der Waals surface area contributed by atoms with E-state index in [2.05, 4.69) is 9.97 Å². The molecule has 0 aliphatic heterocycles. The van der Waals surface area contributed by atoms with E-state index in [9.17, 15) is 0 Å². The Morgan fingerprint density at radius 1 is 1.54 bits per heavy atom. The Kier molecular flexibility index (Phi) is 2.06. The second-order valence-electron chi connectivity index (χ2n) is 2.67. The highest BCUT2D eigenvalue weighted by molar-refractivity contribution is 8.13. The highest BCUT2D eigenvalue weighted by Crippen LogP contribution is 2.15. The zero-order valence-electron chi connectivity index (χ0n) is 7.16. The standard InChI is InChI=1S/C9H9N3S/c1-13-9(10)6-2-3-7-8(4-6)12-5-11-7/h2-5,10H,1H3,(H,11,12).